The van der Waals surface area contributed by atoms with Gasteiger partial charge in [-0.25, -0.2) is 8.42 Å². The van der Waals surface area contributed by atoms with E-state index in [4.69, 9.17) is 21.1 Å². The molecule has 0 radical (unpaired) electrons. The summed E-state index contributed by atoms with van der Waals surface area (Å²) in [6.45, 7) is 1.47. The molecule has 34 heavy (non-hydrogen) atoms. The molecule has 0 saturated carbocycles. The molecule has 176 valence electrons. The number of para-hydroxylation sites is 1. The van der Waals surface area contributed by atoms with E-state index in [0.717, 1.165) is 24.8 Å². The summed E-state index contributed by atoms with van der Waals surface area (Å²) < 4.78 is 39.7. The van der Waals surface area contributed by atoms with Crippen molar-refractivity contribution in [2.24, 2.45) is 0 Å². The summed E-state index contributed by atoms with van der Waals surface area (Å²) in [5.41, 5.74) is 2.21. The Morgan fingerprint density at radius 2 is 1.74 bits per heavy atom. The van der Waals surface area contributed by atoms with Gasteiger partial charge in [0.25, 0.3) is 15.9 Å². The third kappa shape index (κ3) is 4.31. The highest BCUT2D eigenvalue weighted by Gasteiger charge is 2.30. The van der Waals surface area contributed by atoms with Crippen LogP contribution in [0.5, 0.6) is 11.5 Å². The Bertz CT molecular complexity index is 1360. The number of amides is 1. The maximum atomic E-state index is 13.5. The third-order valence-corrected chi connectivity index (χ3v) is 7.98. The lowest BCUT2D eigenvalue weighted by Gasteiger charge is -2.30. The van der Waals surface area contributed by atoms with Crippen LogP contribution in [-0.4, -0.2) is 34.1 Å². The molecule has 1 amide bonds. The molecule has 5 rings (SSSR count). The lowest BCUT2D eigenvalue weighted by atomic mass is 10.0. The molecule has 0 spiro atoms. The van der Waals surface area contributed by atoms with E-state index in [-0.39, 0.29) is 15.5 Å². The molecular formula is C25H23ClN2O5S. The number of sulfonamides is 1. The molecule has 2 aliphatic heterocycles. The Balaban J connectivity index is 1.43. The van der Waals surface area contributed by atoms with Crippen LogP contribution in [0.25, 0.3) is 0 Å². The second-order valence-corrected chi connectivity index (χ2v) is 10.4. The fourth-order valence-electron chi connectivity index (χ4n) is 4.15. The Hall–Kier alpha value is -3.23. The molecule has 7 nitrogen and oxygen atoms in total. The van der Waals surface area contributed by atoms with Gasteiger partial charge in [-0.3, -0.25) is 9.10 Å². The molecule has 0 unspecified atom stereocenters. The molecule has 9 heteroatoms. The lowest BCUT2D eigenvalue weighted by molar-refractivity contribution is 0.102. The number of aryl methyl sites for hydroxylation is 1. The Morgan fingerprint density at radius 3 is 2.59 bits per heavy atom. The normalized spacial score (nSPS) is 15.3. The summed E-state index contributed by atoms with van der Waals surface area (Å²) >= 11 is 6.30. The Morgan fingerprint density at radius 1 is 0.941 bits per heavy atom. The highest BCUT2D eigenvalue weighted by Crippen LogP contribution is 2.34. The van der Waals surface area contributed by atoms with Crippen molar-refractivity contribution < 1.29 is 22.7 Å². The zero-order valence-corrected chi connectivity index (χ0v) is 19.9. The molecule has 0 aliphatic carbocycles. The first-order chi connectivity index (χ1) is 16.4. The Kier molecular flexibility index (Phi) is 6.10. The average Bonchev–Trinajstić information content (AvgIpc) is 3.09. The SMILES string of the molecule is O=C(Nc1ccc2c(c1)OCCCO2)c1cc(S(=O)(=O)N2CCCc3ccccc32)ccc1Cl. The average molecular weight is 499 g/mol. The van der Waals surface area contributed by atoms with Crippen LogP contribution in [-0.2, 0) is 16.4 Å². The predicted molar refractivity (Wildman–Crippen MR) is 131 cm³/mol. The van der Waals surface area contributed by atoms with Crippen LogP contribution < -0.4 is 19.1 Å². The number of benzene rings is 3. The van der Waals surface area contributed by atoms with Gasteiger partial charge in [0.05, 0.1) is 34.4 Å². The molecule has 3 aromatic carbocycles. The molecule has 2 aliphatic rings. The smallest absolute Gasteiger partial charge is 0.264 e. The number of rotatable bonds is 4. The van der Waals surface area contributed by atoms with Crippen LogP contribution in [0.1, 0.15) is 28.8 Å². The molecule has 0 bridgehead atoms. The summed E-state index contributed by atoms with van der Waals surface area (Å²) in [7, 11) is -3.88. The molecule has 2 heterocycles. The first-order valence-corrected chi connectivity index (χ1v) is 12.9. The zero-order chi connectivity index (χ0) is 23.7. The summed E-state index contributed by atoms with van der Waals surface area (Å²) in [5, 5.41) is 2.93. The van der Waals surface area contributed by atoms with Crippen LogP contribution in [0.4, 0.5) is 11.4 Å². The van der Waals surface area contributed by atoms with Crippen molar-refractivity contribution >= 4 is 38.9 Å². The van der Waals surface area contributed by atoms with E-state index < -0.39 is 15.9 Å². The lowest BCUT2D eigenvalue weighted by Crippen LogP contribution is -2.35. The summed E-state index contributed by atoms with van der Waals surface area (Å²) in [5.74, 6) is 0.639. The largest absolute Gasteiger partial charge is 0.490 e. The van der Waals surface area contributed by atoms with Crippen molar-refractivity contribution in [2.45, 2.75) is 24.2 Å². The van der Waals surface area contributed by atoms with Gasteiger partial charge < -0.3 is 14.8 Å². The van der Waals surface area contributed by atoms with Crippen LogP contribution in [0.15, 0.2) is 65.6 Å². The number of ether oxygens (including phenoxy) is 2. The second-order valence-electron chi connectivity index (χ2n) is 8.12. The topological polar surface area (TPSA) is 84.9 Å². The Labute approximate surface area is 203 Å². The summed E-state index contributed by atoms with van der Waals surface area (Å²) in [6, 6.07) is 16.8. The van der Waals surface area contributed by atoms with Gasteiger partial charge in [-0.15, -0.1) is 0 Å². The van der Waals surface area contributed by atoms with Crippen LogP contribution >= 0.6 is 11.6 Å². The van der Waals surface area contributed by atoms with E-state index in [1.165, 1.54) is 22.5 Å². The van der Waals surface area contributed by atoms with Crippen molar-refractivity contribution in [2.75, 3.05) is 29.4 Å². The molecule has 1 N–H and O–H groups in total. The molecule has 0 saturated heterocycles. The van der Waals surface area contributed by atoms with Gasteiger partial charge in [0.2, 0.25) is 0 Å². The minimum Gasteiger partial charge on any atom is -0.490 e. The highest BCUT2D eigenvalue weighted by atomic mass is 35.5. The van der Waals surface area contributed by atoms with E-state index in [1.54, 1.807) is 24.3 Å². The van der Waals surface area contributed by atoms with Crippen LogP contribution in [0.3, 0.4) is 0 Å². The number of anilines is 2. The van der Waals surface area contributed by atoms with E-state index >= 15 is 0 Å². The number of fused-ring (bicyclic) bond motifs is 2. The van der Waals surface area contributed by atoms with Gasteiger partial charge in [-0.2, -0.15) is 0 Å². The third-order valence-electron chi connectivity index (χ3n) is 5.84. The number of hydrogen-bond donors (Lipinski definition) is 1. The number of carbonyl (C=O) groups excluding carboxylic acids is 1. The fraction of sp³-hybridized carbons (Fsp3) is 0.240. The minimum atomic E-state index is -3.88. The number of nitrogens with zero attached hydrogens (tertiary/aromatic N) is 1. The minimum absolute atomic E-state index is 0.0115. The number of hydrogen-bond acceptors (Lipinski definition) is 5. The van der Waals surface area contributed by atoms with Gasteiger partial charge in [0.15, 0.2) is 11.5 Å². The second kappa shape index (κ2) is 9.19. The van der Waals surface area contributed by atoms with Crippen molar-refractivity contribution in [3.63, 3.8) is 0 Å². The molecule has 0 aromatic heterocycles. The molecular weight excluding hydrogens is 476 g/mol. The van der Waals surface area contributed by atoms with Crippen LogP contribution in [0, 0.1) is 0 Å². The van der Waals surface area contributed by atoms with Gasteiger partial charge in [0.1, 0.15) is 0 Å². The molecule has 0 fully saturated rings. The van der Waals surface area contributed by atoms with Crippen molar-refractivity contribution in [1.82, 2.24) is 0 Å². The van der Waals surface area contributed by atoms with E-state index in [2.05, 4.69) is 5.32 Å². The monoisotopic (exact) mass is 498 g/mol. The number of nitrogens with one attached hydrogen (secondary N) is 1. The number of halogens is 1. The maximum Gasteiger partial charge on any atom is 0.264 e. The van der Waals surface area contributed by atoms with Crippen molar-refractivity contribution in [3.05, 3.63) is 76.8 Å². The number of carbonyl (C=O) groups is 1. The van der Waals surface area contributed by atoms with Crippen molar-refractivity contribution in [1.29, 1.82) is 0 Å². The van der Waals surface area contributed by atoms with Crippen LogP contribution in [0.2, 0.25) is 5.02 Å². The summed E-state index contributed by atoms with van der Waals surface area (Å²) in [4.78, 5) is 13.1. The van der Waals surface area contributed by atoms with Gasteiger partial charge in [0, 0.05) is 24.7 Å². The van der Waals surface area contributed by atoms with E-state index in [1.807, 2.05) is 18.2 Å². The van der Waals surface area contributed by atoms with Gasteiger partial charge >= 0.3 is 0 Å². The summed E-state index contributed by atoms with van der Waals surface area (Å²) in [6.07, 6.45) is 2.32. The standard InChI is InChI=1S/C25H23ClN2O5S/c26-21-10-9-19(34(30,31)28-12-3-6-17-5-1-2-7-22(17)28)16-20(21)25(29)27-18-8-11-23-24(15-18)33-14-4-13-32-23/h1-2,5,7-11,15-16H,3-4,6,12-14H2,(H,27,29). The van der Waals surface area contributed by atoms with Crippen molar-refractivity contribution in [3.8, 4) is 11.5 Å². The maximum absolute atomic E-state index is 13.5. The van der Waals surface area contributed by atoms with Gasteiger partial charge in [-0.05, 0) is 54.8 Å². The van der Waals surface area contributed by atoms with E-state index in [0.29, 0.717) is 42.6 Å². The first-order valence-electron chi connectivity index (χ1n) is 11.0. The zero-order valence-electron chi connectivity index (χ0n) is 18.3. The van der Waals surface area contributed by atoms with E-state index in [9.17, 15) is 13.2 Å². The molecule has 3 aromatic rings. The predicted octanol–water partition coefficient (Wildman–Crippen LogP) is 4.90. The molecule has 0 atom stereocenters. The fourth-order valence-corrected chi connectivity index (χ4v) is 5.93. The quantitative estimate of drug-likeness (QED) is 0.553. The highest BCUT2D eigenvalue weighted by molar-refractivity contribution is 7.92. The first kappa shape index (κ1) is 22.6. The van der Waals surface area contributed by atoms with Gasteiger partial charge in [-0.1, -0.05) is 29.8 Å².